The Balaban J connectivity index is 2.03. The number of hydrogen-bond acceptors (Lipinski definition) is 7. The molecule has 0 spiro atoms. The summed E-state index contributed by atoms with van der Waals surface area (Å²) in [5.74, 6) is 0.0502. The number of aryl methyl sites for hydroxylation is 1. The average molecular weight is 580 g/mol. The second-order valence-corrected chi connectivity index (χ2v) is 11.9. The van der Waals surface area contributed by atoms with Gasteiger partial charge in [0, 0.05) is 36.7 Å². The maximum Gasteiger partial charge on any atom is 0.263 e. The van der Waals surface area contributed by atoms with Gasteiger partial charge in [-0.05, 0) is 43.9 Å². The summed E-state index contributed by atoms with van der Waals surface area (Å²) in [5, 5.41) is 16.5. The predicted molar refractivity (Wildman–Crippen MR) is 156 cm³/mol. The number of anilines is 1. The third-order valence-corrected chi connectivity index (χ3v) is 8.36. The summed E-state index contributed by atoms with van der Waals surface area (Å²) in [5.41, 5.74) is 2.21. The van der Waals surface area contributed by atoms with Crippen LogP contribution in [-0.4, -0.2) is 43.4 Å². The minimum absolute atomic E-state index is 0.0276. The van der Waals surface area contributed by atoms with E-state index in [2.05, 4.69) is 21.3 Å². The van der Waals surface area contributed by atoms with Crippen LogP contribution in [0.4, 0.5) is 5.82 Å². The third kappa shape index (κ3) is 7.13. The monoisotopic (exact) mass is 579 g/mol. The summed E-state index contributed by atoms with van der Waals surface area (Å²) in [7, 11) is -2.55. The Kier molecular flexibility index (Phi) is 10.3. The lowest BCUT2D eigenvalue weighted by molar-refractivity contribution is -0.142. The van der Waals surface area contributed by atoms with Gasteiger partial charge in [-0.2, -0.15) is 5.26 Å². The van der Waals surface area contributed by atoms with Crippen molar-refractivity contribution in [2.75, 3.05) is 11.8 Å². The van der Waals surface area contributed by atoms with Crippen molar-refractivity contribution in [3.05, 3.63) is 64.9 Å². The SMILES string of the molecule is CCCCC(=O)N(Cc1ccc(-c2ccccc2S(=O)(=O)Nc2noc(C)c2C)c(C#N)c1)[C@H](C(=O)NC)C(C)C. The summed E-state index contributed by atoms with van der Waals surface area (Å²) >= 11 is 0. The summed E-state index contributed by atoms with van der Waals surface area (Å²) in [6.07, 6.45) is 1.85. The molecule has 41 heavy (non-hydrogen) atoms. The van der Waals surface area contributed by atoms with Gasteiger partial charge in [0.05, 0.1) is 16.5 Å². The van der Waals surface area contributed by atoms with E-state index in [1.807, 2.05) is 20.8 Å². The van der Waals surface area contributed by atoms with Gasteiger partial charge in [-0.3, -0.25) is 14.3 Å². The van der Waals surface area contributed by atoms with Gasteiger partial charge < -0.3 is 14.7 Å². The molecule has 3 aromatic rings. The van der Waals surface area contributed by atoms with Gasteiger partial charge in [-0.1, -0.05) is 62.7 Å². The number of nitrogens with zero attached hydrogens (tertiary/aromatic N) is 3. The highest BCUT2D eigenvalue weighted by Gasteiger charge is 2.32. The van der Waals surface area contributed by atoms with Crippen molar-refractivity contribution in [3.8, 4) is 17.2 Å². The molecular formula is C30H37N5O5S. The molecule has 1 aromatic heterocycles. The predicted octanol–water partition coefficient (Wildman–Crippen LogP) is 4.92. The van der Waals surface area contributed by atoms with E-state index in [0.717, 1.165) is 6.42 Å². The Labute approximate surface area is 241 Å². The van der Waals surface area contributed by atoms with Crippen molar-refractivity contribution in [3.63, 3.8) is 0 Å². The molecule has 0 aliphatic heterocycles. The van der Waals surface area contributed by atoms with Gasteiger partial charge in [0.2, 0.25) is 11.8 Å². The molecule has 218 valence electrons. The van der Waals surface area contributed by atoms with Gasteiger partial charge in [-0.15, -0.1) is 0 Å². The number of unbranched alkanes of at least 4 members (excludes halogenated alkanes) is 1. The van der Waals surface area contributed by atoms with E-state index in [0.29, 0.717) is 40.9 Å². The number of aromatic nitrogens is 1. The van der Waals surface area contributed by atoms with E-state index in [-0.39, 0.29) is 40.6 Å². The highest BCUT2D eigenvalue weighted by Crippen LogP contribution is 2.32. The average Bonchev–Trinajstić information content (AvgIpc) is 3.26. The fourth-order valence-corrected chi connectivity index (χ4v) is 5.88. The summed E-state index contributed by atoms with van der Waals surface area (Å²) < 4.78 is 34.4. The molecule has 3 rings (SSSR count). The van der Waals surface area contributed by atoms with Crippen LogP contribution in [0, 0.1) is 31.1 Å². The van der Waals surface area contributed by atoms with Crippen molar-refractivity contribution < 1.29 is 22.5 Å². The second kappa shape index (κ2) is 13.5. The number of benzene rings is 2. The molecule has 0 unspecified atom stereocenters. The normalized spacial score (nSPS) is 12.0. The number of carbonyl (C=O) groups excluding carboxylic acids is 2. The third-order valence-electron chi connectivity index (χ3n) is 6.96. The first-order valence-corrected chi connectivity index (χ1v) is 15.0. The molecule has 0 aliphatic rings. The lowest BCUT2D eigenvalue weighted by atomic mass is 9.96. The molecule has 0 saturated carbocycles. The fraction of sp³-hybridized carbons (Fsp3) is 0.400. The Morgan fingerprint density at radius 3 is 2.41 bits per heavy atom. The fourth-order valence-electron chi connectivity index (χ4n) is 4.60. The molecule has 2 aromatic carbocycles. The van der Waals surface area contributed by atoms with Crippen LogP contribution in [0.5, 0.6) is 0 Å². The van der Waals surface area contributed by atoms with Gasteiger partial charge in [0.15, 0.2) is 5.82 Å². The lowest BCUT2D eigenvalue weighted by Gasteiger charge is -2.33. The molecular weight excluding hydrogens is 542 g/mol. The molecule has 0 aliphatic carbocycles. The van der Waals surface area contributed by atoms with E-state index in [1.165, 1.54) is 6.07 Å². The van der Waals surface area contributed by atoms with Crippen LogP contribution >= 0.6 is 0 Å². The molecule has 0 saturated heterocycles. The molecule has 1 heterocycles. The van der Waals surface area contributed by atoms with Gasteiger partial charge >= 0.3 is 0 Å². The number of rotatable bonds is 12. The Morgan fingerprint density at radius 2 is 1.83 bits per heavy atom. The minimum atomic E-state index is -4.09. The van der Waals surface area contributed by atoms with Gasteiger partial charge in [0.1, 0.15) is 11.8 Å². The molecule has 2 amide bonds. The Hall–Kier alpha value is -4.17. The largest absolute Gasteiger partial charge is 0.359 e. The van der Waals surface area contributed by atoms with Crippen molar-refractivity contribution in [2.24, 2.45) is 5.92 Å². The van der Waals surface area contributed by atoms with E-state index in [1.54, 1.807) is 62.2 Å². The second-order valence-electron chi connectivity index (χ2n) is 10.2. The summed E-state index contributed by atoms with van der Waals surface area (Å²) in [6, 6.07) is 12.9. The molecule has 0 bridgehead atoms. The first-order valence-electron chi connectivity index (χ1n) is 13.5. The number of nitrogens with one attached hydrogen (secondary N) is 2. The zero-order chi connectivity index (χ0) is 30.3. The smallest absolute Gasteiger partial charge is 0.263 e. The number of hydrogen-bond donors (Lipinski definition) is 2. The van der Waals surface area contributed by atoms with E-state index >= 15 is 0 Å². The van der Waals surface area contributed by atoms with Crippen molar-refractivity contribution >= 4 is 27.7 Å². The molecule has 0 fully saturated rings. The molecule has 1 atom stereocenters. The van der Waals surface area contributed by atoms with Crippen molar-refractivity contribution in [1.29, 1.82) is 5.26 Å². The van der Waals surface area contributed by atoms with Crippen LogP contribution in [0.15, 0.2) is 51.9 Å². The molecule has 0 radical (unpaired) electrons. The topological polar surface area (TPSA) is 145 Å². The number of likely N-dealkylation sites (N-methyl/N-ethyl adjacent to an activating group) is 1. The highest BCUT2D eigenvalue weighted by molar-refractivity contribution is 7.92. The van der Waals surface area contributed by atoms with Crippen LogP contribution in [0.3, 0.4) is 0 Å². The first-order chi connectivity index (χ1) is 19.4. The standard InChI is InChI=1S/C30H37N5O5S/c1-7-8-13-27(36)35(28(19(2)3)30(37)32-6)18-22-14-15-24(23(16-22)17-31)25-11-9-10-12-26(25)41(38,39)34-29-20(4)21(5)40-33-29/h9-12,14-16,19,28H,7-8,13,18H2,1-6H3,(H,32,37)(H,33,34)/t28-/m0/s1. The number of nitriles is 1. The lowest BCUT2D eigenvalue weighted by Crippen LogP contribution is -2.51. The molecule has 10 nitrogen and oxygen atoms in total. The van der Waals surface area contributed by atoms with Crippen molar-refractivity contribution in [2.45, 2.75) is 71.4 Å². The maximum absolute atomic E-state index is 13.4. The quantitative estimate of drug-likeness (QED) is 0.310. The molecule has 2 N–H and O–H groups in total. The number of carbonyl (C=O) groups is 2. The summed E-state index contributed by atoms with van der Waals surface area (Å²) in [4.78, 5) is 27.6. The zero-order valence-electron chi connectivity index (χ0n) is 24.3. The van der Waals surface area contributed by atoms with Gasteiger partial charge in [0.25, 0.3) is 10.0 Å². The van der Waals surface area contributed by atoms with E-state index in [4.69, 9.17) is 4.52 Å². The minimum Gasteiger partial charge on any atom is -0.359 e. The Bertz CT molecular complexity index is 1560. The number of sulfonamides is 1. The molecule has 11 heteroatoms. The van der Waals surface area contributed by atoms with E-state index in [9.17, 15) is 23.3 Å². The van der Waals surface area contributed by atoms with E-state index < -0.39 is 16.1 Å². The van der Waals surface area contributed by atoms with Crippen LogP contribution in [0.25, 0.3) is 11.1 Å². The summed E-state index contributed by atoms with van der Waals surface area (Å²) in [6.45, 7) is 9.28. The van der Waals surface area contributed by atoms with Crippen molar-refractivity contribution in [1.82, 2.24) is 15.4 Å². The van der Waals surface area contributed by atoms with Gasteiger partial charge in [-0.25, -0.2) is 8.42 Å². The maximum atomic E-state index is 13.4. The van der Waals surface area contributed by atoms with Crippen LogP contribution in [0.2, 0.25) is 0 Å². The highest BCUT2D eigenvalue weighted by atomic mass is 32.2. The zero-order valence-corrected chi connectivity index (χ0v) is 25.1. The first kappa shape index (κ1) is 31.4. The van der Waals surface area contributed by atoms with Crippen LogP contribution in [0.1, 0.15) is 62.5 Å². The van der Waals surface area contributed by atoms with Crippen LogP contribution < -0.4 is 10.0 Å². The number of amides is 2. The Morgan fingerprint density at radius 1 is 1.12 bits per heavy atom. The van der Waals surface area contributed by atoms with Crippen LogP contribution in [-0.2, 0) is 26.2 Å².